The zero-order valence-electron chi connectivity index (χ0n) is 11.9. The van der Waals surface area contributed by atoms with E-state index in [1.807, 2.05) is 6.92 Å². The minimum Gasteiger partial charge on any atom is -0.495 e. The number of aryl methyl sites for hydroxylation is 1. The third-order valence-electron chi connectivity index (χ3n) is 3.47. The van der Waals surface area contributed by atoms with Crippen molar-refractivity contribution in [2.75, 3.05) is 13.7 Å². The van der Waals surface area contributed by atoms with Crippen molar-refractivity contribution in [3.8, 4) is 5.75 Å². The van der Waals surface area contributed by atoms with Crippen LogP contribution in [-0.2, 0) is 10.0 Å². The molecule has 0 bridgehead atoms. The van der Waals surface area contributed by atoms with Crippen molar-refractivity contribution in [1.29, 1.82) is 0 Å². The Morgan fingerprint density at radius 3 is 2.62 bits per heavy atom. The van der Waals surface area contributed by atoms with Crippen LogP contribution in [0, 0.1) is 12.8 Å². The fourth-order valence-electron chi connectivity index (χ4n) is 1.98. The highest BCUT2D eigenvalue weighted by Gasteiger charge is 2.30. The third kappa shape index (κ3) is 4.56. The lowest BCUT2D eigenvalue weighted by Gasteiger charge is -2.15. The molecule has 1 aliphatic carbocycles. The van der Waals surface area contributed by atoms with E-state index in [1.54, 1.807) is 12.1 Å². The molecule has 0 aliphatic heterocycles. The largest absolute Gasteiger partial charge is 0.495 e. The summed E-state index contributed by atoms with van der Waals surface area (Å²) in [5.41, 5.74) is 6.83. The highest BCUT2D eigenvalue weighted by atomic mass is 79.9. The first kappa shape index (κ1) is 18.7. The summed E-state index contributed by atoms with van der Waals surface area (Å²) in [5.74, 6) is 0.780. The first-order valence-electron chi connectivity index (χ1n) is 6.44. The van der Waals surface area contributed by atoms with Crippen LogP contribution in [0.5, 0.6) is 5.75 Å². The molecule has 5 nitrogen and oxygen atoms in total. The van der Waals surface area contributed by atoms with Crippen LogP contribution in [0.25, 0.3) is 0 Å². The van der Waals surface area contributed by atoms with Gasteiger partial charge in [0.05, 0.1) is 7.11 Å². The number of hydrogen-bond acceptors (Lipinski definition) is 4. The van der Waals surface area contributed by atoms with Gasteiger partial charge in [0.25, 0.3) is 0 Å². The molecule has 8 heteroatoms. The van der Waals surface area contributed by atoms with Gasteiger partial charge in [-0.1, -0.05) is 15.9 Å². The number of ether oxygens (including phenoxy) is 1. The molecule has 0 saturated heterocycles. The Hall–Kier alpha value is -0.340. The van der Waals surface area contributed by atoms with E-state index in [9.17, 15) is 8.42 Å². The van der Waals surface area contributed by atoms with Gasteiger partial charge in [-0.2, -0.15) is 0 Å². The number of benzene rings is 1. The molecule has 0 heterocycles. The topological polar surface area (TPSA) is 81.4 Å². The maximum absolute atomic E-state index is 12.4. The first-order valence-corrected chi connectivity index (χ1v) is 8.72. The summed E-state index contributed by atoms with van der Waals surface area (Å²) in [4.78, 5) is 0.125. The molecule has 2 rings (SSSR count). The van der Waals surface area contributed by atoms with Crippen molar-refractivity contribution >= 4 is 38.4 Å². The van der Waals surface area contributed by atoms with E-state index in [2.05, 4.69) is 20.7 Å². The van der Waals surface area contributed by atoms with Crippen molar-refractivity contribution in [1.82, 2.24) is 4.72 Å². The Kier molecular flexibility index (Phi) is 6.49. The Morgan fingerprint density at radius 2 is 2.10 bits per heavy atom. The van der Waals surface area contributed by atoms with E-state index in [0.29, 0.717) is 11.7 Å². The first-order chi connectivity index (χ1) is 9.35. The summed E-state index contributed by atoms with van der Waals surface area (Å²) < 4.78 is 33.2. The van der Waals surface area contributed by atoms with Crippen molar-refractivity contribution in [3.63, 3.8) is 0 Å². The third-order valence-corrected chi connectivity index (χ3v) is 5.77. The highest BCUT2D eigenvalue weighted by molar-refractivity contribution is 9.10. The molecule has 1 fully saturated rings. The van der Waals surface area contributed by atoms with E-state index in [-0.39, 0.29) is 29.9 Å². The summed E-state index contributed by atoms with van der Waals surface area (Å²) in [7, 11) is -2.17. The van der Waals surface area contributed by atoms with Crippen LogP contribution in [0.4, 0.5) is 0 Å². The lowest BCUT2D eigenvalue weighted by atomic mass is 10.2. The summed E-state index contributed by atoms with van der Waals surface area (Å²) in [6, 6.07) is 3.13. The molecular formula is C13H20BrClN2O3S. The Morgan fingerprint density at radius 1 is 1.48 bits per heavy atom. The van der Waals surface area contributed by atoms with Gasteiger partial charge in [-0.3, -0.25) is 0 Å². The molecule has 1 unspecified atom stereocenters. The van der Waals surface area contributed by atoms with Gasteiger partial charge in [-0.25, -0.2) is 13.1 Å². The molecule has 1 aromatic carbocycles. The van der Waals surface area contributed by atoms with Crippen LogP contribution < -0.4 is 15.2 Å². The van der Waals surface area contributed by atoms with Gasteiger partial charge in [-0.15, -0.1) is 12.4 Å². The molecular weight excluding hydrogens is 380 g/mol. The number of sulfonamides is 1. The standard InChI is InChI=1S/C13H19BrN2O3S.ClH/c1-8-5-12(19-2)13(6-10(8)14)20(17,18)16-7-11(15)9-3-4-9;/h5-6,9,11,16H,3-4,7,15H2,1-2H3;1H. The van der Waals surface area contributed by atoms with Crippen molar-refractivity contribution in [2.45, 2.75) is 30.7 Å². The zero-order valence-corrected chi connectivity index (χ0v) is 15.1. The average Bonchev–Trinajstić information content (AvgIpc) is 3.23. The highest BCUT2D eigenvalue weighted by Crippen LogP contribution is 2.32. The van der Waals surface area contributed by atoms with Gasteiger partial charge in [0.2, 0.25) is 10.0 Å². The molecule has 1 aliphatic rings. The fraction of sp³-hybridized carbons (Fsp3) is 0.538. The summed E-state index contributed by atoms with van der Waals surface area (Å²) >= 11 is 3.34. The Bertz CT molecular complexity index is 606. The maximum atomic E-state index is 12.4. The molecule has 1 saturated carbocycles. The quantitative estimate of drug-likeness (QED) is 0.768. The van der Waals surface area contributed by atoms with Crippen molar-refractivity contribution in [2.24, 2.45) is 11.7 Å². The predicted octanol–water partition coefficient (Wildman–Crippen LogP) is 2.20. The van der Waals surface area contributed by atoms with Crippen LogP contribution in [0.2, 0.25) is 0 Å². The van der Waals surface area contributed by atoms with Crippen LogP contribution in [0.3, 0.4) is 0 Å². The molecule has 0 aromatic heterocycles. The van der Waals surface area contributed by atoms with Gasteiger partial charge >= 0.3 is 0 Å². The second kappa shape index (κ2) is 7.28. The molecule has 120 valence electrons. The van der Waals surface area contributed by atoms with Gasteiger partial charge in [-0.05, 0) is 43.4 Å². The van der Waals surface area contributed by atoms with Gasteiger partial charge < -0.3 is 10.5 Å². The summed E-state index contributed by atoms with van der Waals surface area (Å²) in [6.07, 6.45) is 2.17. The summed E-state index contributed by atoms with van der Waals surface area (Å²) in [6.45, 7) is 2.13. The molecule has 3 N–H and O–H groups in total. The number of halogens is 2. The molecule has 0 radical (unpaired) electrons. The maximum Gasteiger partial charge on any atom is 0.244 e. The molecule has 1 aromatic rings. The van der Waals surface area contributed by atoms with Crippen LogP contribution in [0.15, 0.2) is 21.5 Å². The lowest BCUT2D eigenvalue weighted by Crippen LogP contribution is -2.38. The van der Waals surface area contributed by atoms with E-state index in [4.69, 9.17) is 10.5 Å². The average molecular weight is 400 g/mol. The van der Waals surface area contributed by atoms with Gasteiger partial charge in [0, 0.05) is 17.1 Å². The normalized spacial score (nSPS) is 16.2. The summed E-state index contributed by atoms with van der Waals surface area (Å²) in [5, 5.41) is 0. The predicted molar refractivity (Wildman–Crippen MR) is 88.6 cm³/mol. The van der Waals surface area contributed by atoms with E-state index < -0.39 is 10.0 Å². The monoisotopic (exact) mass is 398 g/mol. The van der Waals surface area contributed by atoms with Crippen molar-refractivity contribution in [3.05, 3.63) is 22.2 Å². The molecule has 21 heavy (non-hydrogen) atoms. The zero-order chi connectivity index (χ0) is 14.9. The van der Waals surface area contributed by atoms with Crippen LogP contribution in [-0.4, -0.2) is 28.1 Å². The Balaban J connectivity index is 0.00000220. The number of methoxy groups -OCH3 is 1. The van der Waals surface area contributed by atoms with Gasteiger partial charge in [0.1, 0.15) is 10.6 Å². The van der Waals surface area contributed by atoms with Crippen molar-refractivity contribution < 1.29 is 13.2 Å². The van der Waals surface area contributed by atoms with E-state index in [0.717, 1.165) is 22.9 Å². The number of nitrogens with two attached hydrogens (primary N) is 1. The number of rotatable bonds is 6. The van der Waals surface area contributed by atoms with E-state index >= 15 is 0 Å². The lowest BCUT2D eigenvalue weighted by molar-refractivity contribution is 0.401. The molecule has 0 amide bonds. The minimum absolute atomic E-state index is 0. The number of hydrogen-bond donors (Lipinski definition) is 2. The molecule has 0 spiro atoms. The number of nitrogens with one attached hydrogen (secondary N) is 1. The Labute approximate surface area is 140 Å². The smallest absolute Gasteiger partial charge is 0.244 e. The second-order valence-electron chi connectivity index (χ2n) is 5.11. The molecule has 1 atom stereocenters. The van der Waals surface area contributed by atoms with Crippen LogP contribution >= 0.6 is 28.3 Å². The van der Waals surface area contributed by atoms with E-state index in [1.165, 1.54) is 7.11 Å². The SMILES string of the molecule is COc1cc(C)c(Br)cc1S(=O)(=O)NCC(N)C1CC1.Cl. The second-order valence-corrected chi connectivity index (χ2v) is 7.70. The van der Waals surface area contributed by atoms with Crippen LogP contribution in [0.1, 0.15) is 18.4 Å². The van der Waals surface area contributed by atoms with Gasteiger partial charge in [0.15, 0.2) is 0 Å². The fourth-order valence-corrected chi connectivity index (χ4v) is 3.72. The minimum atomic E-state index is -3.63.